The van der Waals surface area contributed by atoms with Crippen LogP contribution in [-0.4, -0.2) is 46.8 Å². The summed E-state index contributed by atoms with van der Waals surface area (Å²) in [5, 5.41) is 3.71. The molecule has 2 heterocycles. The lowest BCUT2D eigenvalue weighted by atomic mass is 10.0. The zero-order valence-corrected chi connectivity index (χ0v) is 18.0. The number of aromatic amines is 1. The molecule has 1 aromatic carbocycles. The third-order valence-corrected chi connectivity index (χ3v) is 5.79. The van der Waals surface area contributed by atoms with Crippen molar-refractivity contribution < 1.29 is 22.4 Å². The van der Waals surface area contributed by atoms with Crippen LogP contribution >= 0.6 is 23.2 Å². The van der Waals surface area contributed by atoms with Gasteiger partial charge in [-0.25, -0.2) is 12.8 Å². The van der Waals surface area contributed by atoms with Crippen LogP contribution in [0.3, 0.4) is 0 Å². The van der Waals surface area contributed by atoms with Crippen LogP contribution in [-0.2, 0) is 22.8 Å². The molecule has 0 amide bonds. The average molecular weight is 472 g/mol. The highest BCUT2D eigenvalue weighted by molar-refractivity contribution is 7.90. The van der Waals surface area contributed by atoms with E-state index in [9.17, 15) is 22.4 Å². The molecule has 0 aliphatic rings. The number of benzene rings is 1. The Balaban J connectivity index is 1.72. The molecule has 0 unspecified atom stereocenters. The summed E-state index contributed by atoms with van der Waals surface area (Å²) in [5.74, 6) is -2.02. The second-order valence-corrected chi connectivity index (χ2v) is 9.76. The van der Waals surface area contributed by atoms with E-state index in [0.29, 0.717) is 5.56 Å². The van der Waals surface area contributed by atoms with Crippen LogP contribution in [0, 0.1) is 5.82 Å². The van der Waals surface area contributed by atoms with E-state index in [-0.39, 0.29) is 51.4 Å². The molecule has 3 rings (SSSR count). The number of Topliss-reactive ketones (excluding diaryl/α,β-unsaturated/α-hetero) is 1. The number of H-pyrrole nitrogens is 1. The molecule has 1 N–H and O–H groups in total. The molecule has 0 atom stereocenters. The fourth-order valence-corrected chi connectivity index (χ4v) is 3.63. The van der Waals surface area contributed by atoms with E-state index in [1.54, 1.807) is 6.20 Å². The second-order valence-electron chi connectivity index (χ2n) is 6.69. The van der Waals surface area contributed by atoms with E-state index in [0.717, 1.165) is 6.26 Å². The first-order valence-electron chi connectivity index (χ1n) is 8.64. The van der Waals surface area contributed by atoms with Crippen molar-refractivity contribution in [2.75, 3.05) is 12.0 Å². The van der Waals surface area contributed by atoms with Gasteiger partial charge in [0, 0.05) is 30.6 Å². The van der Waals surface area contributed by atoms with Gasteiger partial charge in [0.25, 0.3) is 0 Å². The SMILES string of the molecule is CS(=O)(=O)CCn1cc(CC(=O)c2cc(C(=O)c3c(Cl)ccc(Cl)c3F)c[nH]2)cn1. The highest BCUT2D eigenvalue weighted by atomic mass is 35.5. The molecule has 0 bridgehead atoms. The Hall–Kier alpha value is -2.49. The highest BCUT2D eigenvalue weighted by Crippen LogP contribution is 2.28. The maximum atomic E-state index is 14.2. The Labute approximate surface area is 181 Å². The molecule has 7 nitrogen and oxygen atoms in total. The summed E-state index contributed by atoms with van der Waals surface area (Å²) >= 11 is 11.7. The Morgan fingerprint density at radius 2 is 1.93 bits per heavy atom. The molecular formula is C19H16Cl2FN3O4S. The van der Waals surface area contributed by atoms with Gasteiger partial charge in [0.2, 0.25) is 0 Å². The van der Waals surface area contributed by atoms with E-state index in [1.807, 2.05) is 0 Å². The van der Waals surface area contributed by atoms with Gasteiger partial charge >= 0.3 is 0 Å². The summed E-state index contributed by atoms with van der Waals surface area (Å²) in [6.45, 7) is 0.181. The zero-order chi connectivity index (χ0) is 22.1. The number of halogens is 3. The Bertz CT molecular complexity index is 1230. The molecule has 3 aromatic rings. The fraction of sp³-hybridized carbons (Fsp3) is 0.211. The fourth-order valence-electron chi connectivity index (χ4n) is 2.73. The van der Waals surface area contributed by atoms with Gasteiger partial charge in [-0.3, -0.25) is 14.3 Å². The quantitative estimate of drug-likeness (QED) is 0.400. The van der Waals surface area contributed by atoms with Crippen LogP contribution in [0.25, 0.3) is 0 Å². The molecule has 11 heteroatoms. The number of nitrogens with one attached hydrogen (secondary N) is 1. The maximum Gasteiger partial charge on any atom is 0.199 e. The molecular weight excluding hydrogens is 456 g/mol. The first kappa shape index (κ1) is 22.2. The number of ketones is 2. The van der Waals surface area contributed by atoms with Gasteiger partial charge < -0.3 is 4.98 Å². The van der Waals surface area contributed by atoms with E-state index >= 15 is 0 Å². The number of rotatable bonds is 8. The minimum Gasteiger partial charge on any atom is -0.358 e. The van der Waals surface area contributed by atoms with E-state index in [4.69, 9.17) is 23.2 Å². The van der Waals surface area contributed by atoms with Gasteiger partial charge in [0.05, 0.1) is 39.8 Å². The Kier molecular flexibility index (Phi) is 6.44. The first-order chi connectivity index (χ1) is 14.0. The molecule has 0 spiro atoms. The molecule has 0 saturated carbocycles. The molecule has 0 aliphatic carbocycles. The average Bonchev–Trinajstić information content (AvgIpc) is 3.32. The van der Waals surface area contributed by atoms with Gasteiger partial charge in [0.1, 0.15) is 9.84 Å². The molecule has 0 fully saturated rings. The molecule has 0 aliphatic heterocycles. The van der Waals surface area contributed by atoms with E-state index < -0.39 is 21.4 Å². The summed E-state index contributed by atoms with van der Waals surface area (Å²) in [4.78, 5) is 27.8. The van der Waals surface area contributed by atoms with Crippen molar-refractivity contribution in [3.05, 3.63) is 75.0 Å². The third kappa shape index (κ3) is 5.16. The van der Waals surface area contributed by atoms with Crippen LogP contribution in [0.4, 0.5) is 4.39 Å². The largest absolute Gasteiger partial charge is 0.358 e. The molecule has 0 saturated heterocycles. The first-order valence-corrected chi connectivity index (χ1v) is 11.5. The normalized spacial score (nSPS) is 11.6. The van der Waals surface area contributed by atoms with E-state index in [2.05, 4.69) is 10.1 Å². The molecule has 0 radical (unpaired) electrons. The predicted octanol–water partition coefficient (Wildman–Crippen LogP) is 3.36. The molecule has 30 heavy (non-hydrogen) atoms. The van der Waals surface area contributed by atoms with Crippen LogP contribution in [0.2, 0.25) is 10.0 Å². The Morgan fingerprint density at radius 3 is 2.63 bits per heavy atom. The van der Waals surface area contributed by atoms with Gasteiger partial charge in [-0.05, 0) is 23.8 Å². The van der Waals surface area contributed by atoms with Crippen molar-refractivity contribution in [1.82, 2.24) is 14.8 Å². The van der Waals surface area contributed by atoms with Crippen molar-refractivity contribution >= 4 is 44.6 Å². The van der Waals surface area contributed by atoms with Crippen molar-refractivity contribution in [2.45, 2.75) is 13.0 Å². The minimum absolute atomic E-state index is 0.0146. The number of carbonyl (C=O) groups excluding carboxylic acids is 2. The van der Waals surface area contributed by atoms with Crippen LogP contribution in [0.5, 0.6) is 0 Å². The summed E-state index contributed by atoms with van der Waals surface area (Å²) in [6, 6.07) is 3.88. The monoisotopic (exact) mass is 471 g/mol. The number of nitrogens with zero attached hydrogens (tertiary/aromatic N) is 2. The predicted molar refractivity (Wildman–Crippen MR) is 111 cm³/mol. The van der Waals surface area contributed by atoms with Gasteiger partial charge in [-0.15, -0.1) is 0 Å². The van der Waals surface area contributed by atoms with Crippen molar-refractivity contribution in [2.24, 2.45) is 0 Å². The van der Waals surface area contributed by atoms with Crippen molar-refractivity contribution in [3.63, 3.8) is 0 Å². The van der Waals surface area contributed by atoms with Crippen LogP contribution in [0.1, 0.15) is 32.0 Å². The second kappa shape index (κ2) is 8.71. The smallest absolute Gasteiger partial charge is 0.199 e. The zero-order valence-electron chi connectivity index (χ0n) is 15.7. The van der Waals surface area contributed by atoms with Crippen molar-refractivity contribution in [1.29, 1.82) is 0 Å². The lowest BCUT2D eigenvalue weighted by Gasteiger charge is -2.05. The van der Waals surface area contributed by atoms with Crippen LogP contribution in [0.15, 0.2) is 36.8 Å². The van der Waals surface area contributed by atoms with Gasteiger partial charge in [-0.1, -0.05) is 23.2 Å². The number of carbonyl (C=O) groups is 2. The maximum absolute atomic E-state index is 14.2. The van der Waals surface area contributed by atoms with E-state index in [1.165, 1.54) is 35.3 Å². The lowest BCUT2D eigenvalue weighted by molar-refractivity contribution is 0.0988. The minimum atomic E-state index is -3.13. The number of sulfone groups is 1. The summed E-state index contributed by atoms with van der Waals surface area (Å²) in [6.07, 6.45) is 5.46. The topological polar surface area (TPSA) is 102 Å². The molecule has 158 valence electrons. The summed E-state index contributed by atoms with van der Waals surface area (Å²) in [7, 11) is -3.13. The van der Waals surface area contributed by atoms with Gasteiger partial charge in [-0.2, -0.15) is 5.10 Å². The van der Waals surface area contributed by atoms with Crippen LogP contribution < -0.4 is 0 Å². The van der Waals surface area contributed by atoms with Gasteiger partial charge in [0.15, 0.2) is 17.4 Å². The summed E-state index contributed by atoms with van der Waals surface area (Å²) in [5.41, 5.74) is 0.431. The Morgan fingerprint density at radius 1 is 1.23 bits per heavy atom. The van der Waals surface area contributed by atoms with Crippen molar-refractivity contribution in [3.8, 4) is 0 Å². The third-order valence-electron chi connectivity index (χ3n) is 4.26. The molecule has 2 aromatic heterocycles. The number of aromatic nitrogens is 3. The number of hydrogen-bond acceptors (Lipinski definition) is 5. The lowest BCUT2D eigenvalue weighted by Crippen LogP contribution is -2.11. The number of aryl methyl sites for hydroxylation is 1. The highest BCUT2D eigenvalue weighted by Gasteiger charge is 2.22. The summed E-state index contributed by atoms with van der Waals surface area (Å²) < 4.78 is 38.1. The standard InChI is InChI=1S/C19H16Cl2FN3O4S/c1-30(28,29)5-4-25-10-11(8-24-25)6-16(26)15-7-12(9-23-15)19(27)17-13(20)2-3-14(21)18(17)22/h2-3,7-10,23H,4-6H2,1H3. The number of hydrogen-bond donors (Lipinski definition) is 1.